The number of rotatable bonds is 3. The third-order valence-electron chi connectivity index (χ3n) is 5.12. The Labute approximate surface area is 140 Å². The third-order valence-corrected chi connectivity index (χ3v) is 5.12. The number of carbonyl (C=O) groups is 2. The fourth-order valence-electron chi connectivity index (χ4n) is 3.62. The summed E-state index contributed by atoms with van der Waals surface area (Å²) in [6, 6.07) is 6.57. The SMILES string of the molecule is O=C([C@@H]1CC(=O)N(C2CC2)C1)N1CCO[C@H](c2ccc(F)cc2)C1. The maximum Gasteiger partial charge on any atom is 0.228 e. The van der Waals surface area contributed by atoms with E-state index in [1.807, 2.05) is 4.90 Å². The molecule has 0 N–H and O–H groups in total. The smallest absolute Gasteiger partial charge is 0.228 e. The number of amides is 2. The molecular weight excluding hydrogens is 311 g/mol. The van der Waals surface area contributed by atoms with E-state index in [0.29, 0.717) is 38.7 Å². The molecule has 2 saturated heterocycles. The van der Waals surface area contributed by atoms with Gasteiger partial charge < -0.3 is 14.5 Å². The van der Waals surface area contributed by atoms with Crippen LogP contribution in [0.15, 0.2) is 24.3 Å². The van der Waals surface area contributed by atoms with E-state index in [4.69, 9.17) is 4.74 Å². The standard InChI is InChI=1S/C18H21FN2O3/c19-14-3-1-12(2-4-14)16-11-20(7-8-24-16)18(23)13-9-17(22)21(10-13)15-5-6-15/h1-4,13,15-16H,5-11H2/t13-,16+/m1/s1. The van der Waals surface area contributed by atoms with Gasteiger partial charge in [0.05, 0.1) is 19.1 Å². The Morgan fingerprint density at radius 2 is 1.92 bits per heavy atom. The van der Waals surface area contributed by atoms with E-state index in [9.17, 15) is 14.0 Å². The second-order valence-corrected chi connectivity index (χ2v) is 6.87. The monoisotopic (exact) mass is 332 g/mol. The molecule has 0 spiro atoms. The Morgan fingerprint density at radius 1 is 1.17 bits per heavy atom. The lowest BCUT2D eigenvalue weighted by molar-refractivity contribution is -0.143. The number of hydrogen-bond acceptors (Lipinski definition) is 3. The molecule has 0 aromatic heterocycles. The summed E-state index contributed by atoms with van der Waals surface area (Å²) in [7, 11) is 0. The van der Waals surface area contributed by atoms with Crippen molar-refractivity contribution in [3.05, 3.63) is 35.6 Å². The first-order chi connectivity index (χ1) is 11.6. The van der Waals surface area contributed by atoms with Crippen molar-refractivity contribution in [3.8, 4) is 0 Å². The minimum Gasteiger partial charge on any atom is -0.370 e. The summed E-state index contributed by atoms with van der Waals surface area (Å²) in [6.45, 7) is 2.02. The second kappa shape index (κ2) is 6.16. The zero-order chi connectivity index (χ0) is 16.7. The Kier molecular flexibility index (Phi) is 4.00. The highest BCUT2D eigenvalue weighted by Crippen LogP contribution is 2.33. The molecule has 1 aliphatic carbocycles. The lowest BCUT2D eigenvalue weighted by atomic mass is 10.0. The summed E-state index contributed by atoms with van der Waals surface area (Å²) >= 11 is 0. The van der Waals surface area contributed by atoms with Crippen LogP contribution in [0.3, 0.4) is 0 Å². The molecule has 3 aliphatic rings. The number of likely N-dealkylation sites (tertiary alicyclic amines) is 1. The summed E-state index contributed by atoms with van der Waals surface area (Å²) in [5, 5.41) is 0. The molecule has 2 aliphatic heterocycles. The first-order valence-corrected chi connectivity index (χ1v) is 8.57. The molecular formula is C18H21FN2O3. The molecule has 1 aromatic rings. The molecule has 6 heteroatoms. The zero-order valence-corrected chi connectivity index (χ0v) is 13.5. The lowest BCUT2D eigenvalue weighted by Crippen LogP contribution is -2.45. The van der Waals surface area contributed by atoms with Crippen LogP contribution < -0.4 is 0 Å². The summed E-state index contributed by atoms with van der Waals surface area (Å²) in [5.41, 5.74) is 0.871. The van der Waals surface area contributed by atoms with E-state index in [1.54, 1.807) is 17.0 Å². The van der Waals surface area contributed by atoms with Crippen LogP contribution in [-0.4, -0.2) is 53.9 Å². The van der Waals surface area contributed by atoms with E-state index in [2.05, 4.69) is 0 Å². The van der Waals surface area contributed by atoms with Crippen molar-refractivity contribution in [2.75, 3.05) is 26.2 Å². The number of ether oxygens (including phenoxy) is 1. The summed E-state index contributed by atoms with van der Waals surface area (Å²) in [6.07, 6.45) is 2.22. The topological polar surface area (TPSA) is 49.9 Å². The van der Waals surface area contributed by atoms with Gasteiger partial charge in [-0.05, 0) is 30.5 Å². The molecule has 128 valence electrons. The Morgan fingerprint density at radius 3 is 2.62 bits per heavy atom. The van der Waals surface area contributed by atoms with Crippen LogP contribution in [0.5, 0.6) is 0 Å². The molecule has 2 heterocycles. The van der Waals surface area contributed by atoms with E-state index < -0.39 is 0 Å². The normalized spacial score (nSPS) is 27.6. The average molecular weight is 332 g/mol. The highest BCUT2D eigenvalue weighted by Gasteiger charge is 2.43. The summed E-state index contributed by atoms with van der Waals surface area (Å²) in [5.74, 6) is -0.363. The molecule has 2 atom stereocenters. The highest BCUT2D eigenvalue weighted by molar-refractivity contribution is 5.89. The van der Waals surface area contributed by atoms with Crippen LogP contribution in [0.25, 0.3) is 0 Å². The first-order valence-electron chi connectivity index (χ1n) is 8.57. The Balaban J connectivity index is 1.41. The summed E-state index contributed by atoms with van der Waals surface area (Å²) < 4.78 is 18.8. The van der Waals surface area contributed by atoms with Crippen LogP contribution in [-0.2, 0) is 14.3 Å². The summed E-state index contributed by atoms with van der Waals surface area (Å²) in [4.78, 5) is 28.5. The fraction of sp³-hybridized carbons (Fsp3) is 0.556. The molecule has 5 nitrogen and oxygen atoms in total. The van der Waals surface area contributed by atoms with Gasteiger partial charge in [-0.25, -0.2) is 4.39 Å². The van der Waals surface area contributed by atoms with Gasteiger partial charge in [-0.15, -0.1) is 0 Å². The van der Waals surface area contributed by atoms with E-state index >= 15 is 0 Å². The average Bonchev–Trinajstić information content (AvgIpc) is 3.37. The van der Waals surface area contributed by atoms with Gasteiger partial charge in [0.25, 0.3) is 0 Å². The van der Waals surface area contributed by atoms with Crippen molar-refractivity contribution in [1.82, 2.24) is 9.80 Å². The van der Waals surface area contributed by atoms with Gasteiger partial charge >= 0.3 is 0 Å². The van der Waals surface area contributed by atoms with Gasteiger partial charge in [-0.2, -0.15) is 0 Å². The van der Waals surface area contributed by atoms with Gasteiger partial charge in [0.1, 0.15) is 11.9 Å². The molecule has 0 radical (unpaired) electrons. The van der Waals surface area contributed by atoms with Crippen molar-refractivity contribution < 1.29 is 18.7 Å². The molecule has 1 saturated carbocycles. The molecule has 24 heavy (non-hydrogen) atoms. The maximum absolute atomic E-state index is 13.1. The number of hydrogen-bond donors (Lipinski definition) is 0. The maximum atomic E-state index is 13.1. The quantitative estimate of drug-likeness (QED) is 0.847. The predicted molar refractivity (Wildman–Crippen MR) is 84.5 cm³/mol. The highest BCUT2D eigenvalue weighted by atomic mass is 19.1. The second-order valence-electron chi connectivity index (χ2n) is 6.87. The first kappa shape index (κ1) is 15.6. The molecule has 0 unspecified atom stereocenters. The minimum absolute atomic E-state index is 0.0434. The zero-order valence-electron chi connectivity index (χ0n) is 13.5. The minimum atomic E-state index is -0.285. The Hall–Kier alpha value is -1.95. The van der Waals surface area contributed by atoms with E-state index in [1.165, 1.54) is 12.1 Å². The number of nitrogens with zero attached hydrogens (tertiary/aromatic N) is 2. The lowest BCUT2D eigenvalue weighted by Gasteiger charge is -2.34. The van der Waals surface area contributed by atoms with Gasteiger partial charge in [0.15, 0.2) is 0 Å². The fourth-order valence-corrected chi connectivity index (χ4v) is 3.62. The number of benzene rings is 1. The van der Waals surface area contributed by atoms with Crippen molar-refractivity contribution in [2.24, 2.45) is 5.92 Å². The van der Waals surface area contributed by atoms with Gasteiger partial charge in [-0.1, -0.05) is 12.1 Å². The van der Waals surface area contributed by atoms with Crippen LogP contribution in [0, 0.1) is 11.7 Å². The molecule has 4 rings (SSSR count). The van der Waals surface area contributed by atoms with Crippen molar-refractivity contribution in [3.63, 3.8) is 0 Å². The van der Waals surface area contributed by atoms with Crippen molar-refractivity contribution >= 4 is 11.8 Å². The van der Waals surface area contributed by atoms with E-state index in [-0.39, 0.29) is 29.7 Å². The number of halogens is 1. The molecule has 0 bridgehead atoms. The Bertz CT molecular complexity index is 644. The van der Waals surface area contributed by atoms with Crippen LogP contribution in [0.4, 0.5) is 4.39 Å². The van der Waals surface area contributed by atoms with Gasteiger partial charge in [0, 0.05) is 25.6 Å². The van der Waals surface area contributed by atoms with Gasteiger partial charge in [-0.3, -0.25) is 9.59 Å². The van der Waals surface area contributed by atoms with Crippen LogP contribution in [0.1, 0.15) is 30.9 Å². The van der Waals surface area contributed by atoms with Crippen molar-refractivity contribution in [1.29, 1.82) is 0 Å². The molecule has 2 amide bonds. The van der Waals surface area contributed by atoms with Gasteiger partial charge in [0.2, 0.25) is 11.8 Å². The van der Waals surface area contributed by atoms with Crippen molar-refractivity contribution in [2.45, 2.75) is 31.4 Å². The predicted octanol–water partition coefficient (Wildman–Crippen LogP) is 1.74. The number of carbonyl (C=O) groups excluding carboxylic acids is 2. The molecule has 1 aromatic carbocycles. The van der Waals surface area contributed by atoms with Crippen LogP contribution >= 0.6 is 0 Å². The van der Waals surface area contributed by atoms with Crippen LogP contribution in [0.2, 0.25) is 0 Å². The third kappa shape index (κ3) is 3.02. The molecule has 3 fully saturated rings. The largest absolute Gasteiger partial charge is 0.370 e. The van der Waals surface area contributed by atoms with E-state index in [0.717, 1.165) is 18.4 Å². The number of morpholine rings is 1.